The first-order valence-electron chi connectivity index (χ1n) is 8.72. The summed E-state index contributed by atoms with van der Waals surface area (Å²) in [6.07, 6.45) is 2.17. The zero-order chi connectivity index (χ0) is 17.2. The average molecular weight is 351 g/mol. The maximum absolute atomic E-state index is 12.7. The van der Waals surface area contributed by atoms with E-state index in [1.807, 2.05) is 30.3 Å². The van der Waals surface area contributed by atoms with Crippen molar-refractivity contribution in [1.82, 2.24) is 10.3 Å². The highest BCUT2D eigenvalue weighted by Crippen LogP contribution is 2.26. The Morgan fingerprint density at radius 1 is 1.28 bits per heavy atom. The summed E-state index contributed by atoms with van der Waals surface area (Å²) in [4.78, 5) is 21.1. The van der Waals surface area contributed by atoms with Crippen LogP contribution in [0.3, 0.4) is 0 Å². The molecule has 1 saturated carbocycles. The number of hydrogen-bond acceptors (Lipinski definition) is 4. The fourth-order valence-corrected chi connectivity index (χ4v) is 3.67. The lowest BCUT2D eigenvalue weighted by Crippen LogP contribution is -2.27. The van der Waals surface area contributed by atoms with Crippen LogP contribution in [0.5, 0.6) is 0 Å². The maximum Gasteiger partial charge on any atom is 0.252 e. The lowest BCUT2D eigenvalue weighted by atomic mass is 10.1. The van der Waals surface area contributed by atoms with Crippen molar-refractivity contribution in [2.75, 3.05) is 11.4 Å². The van der Waals surface area contributed by atoms with Crippen molar-refractivity contribution in [3.05, 3.63) is 58.3 Å². The number of para-hydroxylation sites is 1. The molecule has 0 aliphatic heterocycles. The summed E-state index contributed by atoms with van der Waals surface area (Å²) in [5.74, 6) is 0.866. The molecule has 0 radical (unpaired) electrons. The Balaban J connectivity index is 1.73. The topological polar surface area (TPSA) is 45.2 Å². The highest BCUT2D eigenvalue weighted by atomic mass is 32.1. The molecule has 1 aromatic carbocycles. The minimum absolute atomic E-state index is 0.00882. The molecule has 1 N–H and O–H groups in total. The first-order valence-corrected chi connectivity index (χ1v) is 9.60. The standard InChI is InChI=1S/C20H21N3OS/c1-2-23(13-15-6-5-11-25-15)19-12-17(20(24)21-14-9-10-14)16-7-3-4-8-18(16)22-19/h3-8,11-12,14H,2,9-10,13H2,1H3,(H,21,24). The summed E-state index contributed by atoms with van der Waals surface area (Å²) < 4.78 is 0. The molecule has 2 heterocycles. The third-order valence-corrected chi connectivity index (χ3v) is 5.35. The molecule has 0 saturated heterocycles. The molecule has 1 aliphatic carbocycles. The number of thiophene rings is 1. The van der Waals surface area contributed by atoms with Crippen molar-refractivity contribution in [3.63, 3.8) is 0 Å². The second-order valence-corrected chi connectivity index (χ2v) is 7.42. The van der Waals surface area contributed by atoms with Gasteiger partial charge in [0.05, 0.1) is 17.6 Å². The van der Waals surface area contributed by atoms with Gasteiger partial charge < -0.3 is 10.2 Å². The lowest BCUT2D eigenvalue weighted by molar-refractivity contribution is 0.0952. The van der Waals surface area contributed by atoms with Gasteiger partial charge in [0.2, 0.25) is 0 Å². The van der Waals surface area contributed by atoms with Gasteiger partial charge in [-0.25, -0.2) is 4.98 Å². The Hall–Kier alpha value is -2.40. The van der Waals surface area contributed by atoms with Gasteiger partial charge in [-0.2, -0.15) is 0 Å². The van der Waals surface area contributed by atoms with Gasteiger partial charge in [0.1, 0.15) is 5.82 Å². The second kappa shape index (κ2) is 6.84. The number of aromatic nitrogens is 1. The summed E-state index contributed by atoms with van der Waals surface area (Å²) in [7, 11) is 0. The van der Waals surface area contributed by atoms with Crippen LogP contribution >= 0.6 is 11.3 Å². The van der Waals surface area contributed by atoms with E-state index in [0.29, 0.717) is 6.04 Å². The van der Waals surface area contributed by atoms with Gasteiger partial charge in [-0.05, 0) is 43.3 Å². The number of carbonyl (C=O) groups is 1. The van der Waals surface area contributed by atoms with Crippen LogP contribution in [-0.4, -0.2) is 23.5 Å². The second-order valence-electron chi connectivity index (χ2n) is 6.39. The van der Waals surface area contributed by atoms with Gasteiger partial charge in [0.25, 0.3) is 5.91 Å². The Bertz CT molecular complexity index is 887. The molecule has 1 fully saturated rings. The molecule has 2 aromatic heterocycles. The van der Waals surface area contributed by atoms with E-state index in [2.05, 4.69) is 34.7 Å². The molecule has 0 atom stereocenters. The van der Waals surface area contributed by atoms with Crippen molar-refractivity contribution < 1.29 is 4.79 Å². The van der Waals surface area contributed by atoms with E-state index in [9.17, 15) is 4.79 Å². The summed E-state index contributed by atoms with van der Waals surface area (Å²) in [6, 6.07) is 14.4. The lowest BCUT2D eigenvalue weighted by Gasteiger charge is -2.22. The third-order valence-electron chi connectivity index (χ3n) is 4.49. The number of pyridine rings is 1. The van der Waals surface area contributed by atoms with Crippen LogP contribution in [0.2, 0.25) is 0 Å². The summed E-state index contributed by atoms with van der Waals surface area (Å²) in [6.45, 7) is 3.77. The van der Waals surface area contributed by atoms with E-state index in [1.165, 1.54) is 4.88 Å². The number of benzene rings is 1. The minimum atomic E-state index is 0.00882. The molecule has 5 heteroatoms. The highest BCUT2D eigenvalue weighted by molar-refractivity contribution is 7.09. The van der Waals surface area contributed by atoms with Crippen molar-refractivity contribution in [2.24, 2.45) is 0 Å². The number of amides is 1. The molecule has 4 nitrogen and oxygen atoms in total. The Labute approximate surface area is 151 Å². The largest absolute Gasteiger partial charge is 0.352 e. The summed E-state index contributed by atoms with van der Waals surface area (Å²) in [5.41, 5.74) is 1.59. The van der Waals surface area contributed by atoms with Gasteiger partial charge in [-0.3, -0.25) is 4.79 Å². The number of anilines is 1. The van der Waals surface area contributed by atoms with Crippen molar-refractivity contribution >= 4 is 34.0 Å². The summed E-state index contributed by atoms with van der Waals surface area (Å²) >= 11 is 1.74. The number of fused-ring (bicyclic) bond motifs is 1. The molecule has 0 spiro atoms. The van der Waals surface area contributed by atoms with Crippen LogP contribution in [-0.2, 0) is 6.54 Å². The molecule has 0 bridgehead atoms. The fourth-order valence-electron chi connectivity index (χ4n) is 2.95. The van der Waals surface area contributed by atoms with Crippen LogP contribution in [0, 0.1) is 0 Å². The van der Waals surface area contributed by atoms with Crippen LogP contribution in [0.4, 0.5) is 5.82 Å². The molecule has 1 aliphatic rings. The number of carbonyl (C=O) groups excluding carboxylic acids is 1. The molecule has 0 unspecified atom stereocenters. The normalized spacial score (nSPS) is 13.8. The van der Waals surface area contributed by atoms with Gasteiger partial charge in [-0.15, -0.1) is 11.3 Å². The molecule has 128 valence electrons. The third kappa shape index (κ3) is 3.51. The van der Waals surface area contributed by atoms with E-state index in [1.54, 1.807) is 11.3 Å². The Morgan fingerprint density at radius 2 is 2.12 bits per heavy atom. The Morgan fingerprint density at radius 3 is 2.84 bits per heavy atom. The molecular formula is C20H21N3OS. The maximum atomic E-state index is 12.7. The monoisotopic (exact) mass is 351 g/mol. The quantitative estimate of drug-likeness (QED) is 0.723. The van der Waals surface area contributed by atoms with Crippen LogP contribution in [0.1, 0.15) is 35.0 Å². The van der Waals surface area contributed by atoms with Crippen molar-refractivity contribution in [2.45, 2.75) is 32.4 Å². The van der Waals surface area contributed by atoms with Crippen LogP contribution in [0.25, 0.3) is 10.9 Å². The predicted octanol–water partition coefficient (Wildman–Crippen LogP) is 4.22. The van der Waals surface area contributed by atoms with Crippen molar-refractivity contribution in [1.29, 1.82) is 0 Å². The van der Waals surface area contributed by atoms with E-state index in [4.69, 9.17) is 4.98 Å². The SMILES string of the molecule is CCN(Cc1cccs1)c1cc(C(=O)NC2CC2)c2ccccc2n1. The van der Waals surface area contributed by atoms with E-state index in [-0.39, 0.29) is 5.91 Å². The highest BCUT2D eigenvalue weighted by Gasteiger charge is 2.25. The average Bonchev–Trinajstić information content (AvgIpc) is 3.30. The van der Waals surface area contributed by atoms with E-state index < -0.39 is 0 Å². The predicted molar refractivity (Wildman–Crippen MR) is 103 cm³/mol. The number of rotatable bonds is 6. The van der Waals surface area contributed by atoms with Gasteiger partial charge in [0.15, 0.2) is 0 Å². The smallest absolute Gasteiger partial charge is 0.252 e. The number of nitrogens with zero attached hydrogens (tertiary/aromatic N) is 2. The molecule has 25 heavy (non-hydrogen) atoms. The number of hydrogen-bond donors (Lipinski definition) is 1. The van der Waals surface area contributed by atoms with E-state index in [0.717, 1.165) is 48.2 Å². The number of nitrogens with one attached hydrogen (secondary N) is 1. The molecular weight excluding hydrogens is 330 g/mol. The van der Waals surface area contributed by atoms with Crippen LogP contribution in [0.15, 0.2) is 47.8 Å². The zero-order valence-corrected chi connectivity index (χ0v) is 15.1. The zero-order valence-electron chi connectivity index (χ0n) is 14.2. The first-order chi connectivity index (χ1) is 12.2. The van der Waals surface area contributed by atoms with Gasteiger partial charge in [-0.1, -0.05) is 24.3 Å². The first kappa shape index (κ1) is 16.1. The minimum Gasteiger partial charge on any atom is -0.352 e. The molecule has 1 amide bonds. The molecule has 4 rings (SSSR count). The Kier molecular flexibility index (Phi) is 4.40. The van der Waals surface area contributed by atoms with E-state index >= 15 is 0 Å². The van der Waals surface area contributed by atoms with Gasteiger partial charge in [0, 0.05) is 22.8 Å². The fraction of sp³-hybridized carbons (Fsp3) is 0.300. The molecule has 3 aromatic rings. The van der Waals surface area contributed by atoms with Crippen LogP contribution < -0.4 is 10.2 Å². The van der Waals surface area contributed by atoms with Crippen molar-refractivity contribution in [3.8, 4) is 0 Å². The van der Waals surface area contributed by atoms with Gasteiger partial charge >= 0.3 is 0 Å². The summed E-state index contributed by atoms with van der Waals surface area (Å²) in [5, 5.41) is 6.11.